The smallest absolute Gasteiger partial charge is 0.410 e. The largest absolute Gasteiger partial charge is 0.444 e. The van der Waals surface area contributed by atoms with Crippen molar-refractivity contribution < 1.29 is 23.5 Å². The minimum atomic E-state index is -0.549. The highest BCUT2D eigenvalue weighted by Crippen LogP contribution is 2.28. The molecule has 2 aromatic heterocycles. The second-order valence-corrected chi connectivity index (χ2v) is 9.32. The molecule has 3 aromatic rings. The summed E-state index contributed by atoms with van der Waals surface area (Å²) in [6.45, 7) is 6.52. The normalized spacial score (nSPS) is 11.2. The molecule has 180 valence electrons. The maximum Gasteiger partial charge on any atom is 0.410 e. The van der Waals surface area contributed by atoms with E-state index in [2.05, 4.69) is 15.3 Å². The van der Waals surface area contributed by atoms with Gasteiger partial charge < -0.3 is 14.4 Å². The monoisotopic (exact) mass is 486 g/mol. The zero-order chi connectivity index (χ0) is 24.7. The Labute approximate surface area is 201 Å². The fourth-order valence-electron chi connectivity index (χ4n) is 2.84. The molecule has 0 saturated heterocycles. The van der Waals surface area contributed by atoms with E-state index in [1.807, 2.05) is 50.4 Å². The third-order valence-electron chi connectivity index (χ3n) is 4.51. The molecule has 1 N–H and O–H groups in total. The standard InChI is InChI=1S/C24H27FN4O4S/c1-24(2,3)33-23(31)29(4)11-12-32-14-16-7-5-6-8-18(16)20-15-34-22(27-20)28-21(30)19-10-9-17(25)13-26-19/h5-10,13,15H,11-12,14H2,1-4H3,(H,27,28,30). The SMILES string of the molecule is CN(CCOCc1ccccc1-c1csc(NC(=O)c2ccc(F)cn2)n1)C(=O)OC(C)(C)C. The molecule has 2 heterocycles. The first-order valence-corrected chi connectivity index (χ1v) is 11.5. The van der Waals surface area contributed by atoms with Crippen LogP contribution in [0.5, 0.6) is 0 Å². The van der Waals surface area contributed by atoms with Crippen molar-refractivity contribution in [2.75, 3.05) is 25.5 Å². The zero-order valence-electron chi connectivity index (χ0n) is 19.5. The molecule has 0 fully saturated rings. The molecule has 0 unspecified atom stereocenters. The quantitative estimate of drug-likeness (QED) is 0.452. The van der Waals surface area contributed by atoms with E-state index < -0.39 is 23.4 Å². The lowest BCUT2D eigenvalue weighted by Gasteiger charge is -2.24. The number of benzene rings is 1. The number of nitrogens with one attached hydrogen (secondary N) is 1. The number of halogens is 1. The van der Waals surface area contributed by atoms with Gasteiger partial charge in [-0.05, 0) is 38.5 Å². The van der Waals surface area contributed by atoms with Gasteiger partial charge >= 0.3 is 6.09 Å². The van der Waals surface area contributed by atoms with Crippen LogP contribution >= 0.6 is 11.3 Å². The van der Waals surface area contributed by atoms with Crippen molar-refractivity contribution in [3.63, 3.8) is 0 Å². The van der Waals surface area contributed by atoms with Gasteiger partial charge in [0.05, 0.1) is 25.1 Å². The lowest BCUT2D eigenvalue weighted by molar-refractivity contribution is 0.0221. The Balaban J connectivity index is 1.57. The van der Waals surface area contributed by atoms with E-state index in [-0.39, 0.29) is 5.69 Å². The van der Waals surface area contributed by atoms with Crippen molar-refractivity contribution in [2.45, 2.75) is 33.0 Å². The van der Waals surface area contributed by atoms with Crippen LogP contribution in [0.3, 0.4) is 0 Å². The summed E-state index contributed by atoms with van der Waals surface area (Å²) in [7, 11) is 1.66. The number of hydrogen-bond acceptors (Lipinski definition) is 7. The van der Waals surface area contributed by atoms with Crippen LogP contribution in [-0.2, 0) is 16.1 Å². The van der Waals surface area contributed by atoms with Gasteiger partial charge in [-0.15, -0.1) is 11.3 Å². The Hall–Kier alpha value is -3.37. The molecule has 0 radical (unpaired) electrons. The third kappa shape index (κ3) is 7.32. The van der Waals surface area contributed by atoms with Crippen LogP contribution < -0.4 is 5.32 Å². The van der Waals surface area contributed by atoms with E-state index >= 15 is 0 Å². The summed E-state index contributed by atoms with van der Waals surface area (Å²) >= 11 is 1.28. The van der Waals surface area contributed by atoms with E-state index in [1.54, 1.807) is 7.05 Å². The highest BCUT2D eigenvalue weighted by Gasteiger charge is 2.19. The van der Waals surface area contributed by atoms with Crippen molar-refractivity contribution in [3.8, 4) is 11.3 Å². The predicted octanol–water partition coefficient (Wildman–Crippen LogP) is 4.98. The molecule has 3 rings (SSSR count). The number of anilines is 1. The second kappa shape index (κ2) is 11.2. The predicted molar refractivity (Wildman–Crippen MR) is 128 cm³/mol. The molecular formula is C24H27FN4O4S. The molecule has 8 nitrogen and oxygen atoms in total. The van der Waals surface area contributed by atoms with Gasteiger partial charge in [0.15, 0.2) is 5.13 Å². The van der Waals surface area contributed by atoms with E-state index in [1.165, 1.54) is 28.4 Å². The van der Waals surface area contributed by atoms with Gasteiger partial charge in [0.1, 0.15) is 17.1 Å². The number of rotatable bonds is 8. The summed E-state index contributed by atoms with van der Waals surface area (Å²) in [5, 5.41) is 4.92. The summed E-state index contributed by atoms with van der Waals surface area (Å²) in [5.74, 6) is -0.977. The molecule has 0 aliphatic carbocycles. The number of pyridine rings is 1. The number of carbonyl (C=O) groups excluding carboxylic acids is 2. The molecule has 34 heavy (non-hydrogen) atoms. The molecule has 0 atom stereocenters. The summed E-state index contributed by atoms with van der Waals surface area (Å²) in [6, 6.07) is 10.2. The Morgan fingerprint density at radius 1 is 1.18 bits per heavy atom. The number of aromatic nitrogens is 2. The van der Waals surface area contributed by atoms with Crippen LogP contribution in [0.1, 0.15) is 36.8 Å². The van der Waals surface area contributed by atoms with Crippen LogP contribution in [-0.4, -0.2) is 52.7 Å². The van der Waals surface area contributed by atoms with Crippen molar-refractivity contribution in [1.29, 1.82) is 0 Å². The fourth-order valence-corrected chi connectivity index (χ4v) is 3.54. The minimum Gasteiger partial charge on any atom is -0.444 e. The molecule has 10 heteroatoms. The molecule has 0 aliphatic heterocycles. The fraction of sp³-hybridized carbons (Fsp3) is 0.333. The van der Waals surface area contributed by atoms with Crippen molar-refractivity contribution in [2.24, 2.45) is 0 Å². The maximum atomic E-state index is 13.0. The number of nitrogens with zero attached hydrogens (tertiary/aromatic N) is 3. The molecule has 0 spiro atoms. The van der Waals surface area contributed by atoms with Gasteiger partial charge in [0.2, 0.25) is 0 Å². The Morgan fingerprint density at radius 2 is 1.94 bits per heavy atom. The molecule has 1 aromatic carbocycles. The van der Waals surface area contributed by atoms with Crippen LogP contribution in [0.25, 0.3) is 11.3 Å². The average molecular weight is 487 g/mol. The number of amides is 2. The van der Waals surface area contributed by atoms with Crippen molar-refractivity contribution in [3.05, 3.63) is 65.0 Å². The number of hydrogen-bond donors (Lipinski definition) is 1. The van der Waals surface area contributed by atoms with Gasteiger partial charge in [-0.2, -0.15) is 0 Å². The van der Waals surface area contributed by atoms with Crippen LogP contribution in [0.2, 0.25) is 0 Å². The molecule has 0 bridgehead atoms. The van der Waals surface area contributed by atoms with Gasteiger partial charge in [0.25, 0.3) is 5.91 Å². The topological polar surface area (TPSA) is 93.6 Å². The summed E-state index contributed by atoms with van der Waals surface area (Å²) < 4.78 is 24.1. The summed E-state index contributed by atoms with van der Waals surface area (Å²) in [4.78, 5) is 34.1. The Morgan fingerprint density at radius 3 is 2.65 bits per heavy atom. The zero-order valence-corrected chi connectivity index (χ0v) is 20.3. The van der Waals surface area contributed by atoms with E-state index in [0.717, 1.165) is 17.3 Å². The highest BCUT2D eigenvalue weighted by molar-refractivity contribution is 7.14. The number of thiazole rings is 1. The first-order chi connectivity index (χ1) is 16.1. The number of ether oxygens (including phenoxy) is 2. The highest BCUT2D eigenvalue weighted by atomic mass is 32.1. The van der Waals surface area contributed by atoms with Crippen LogP contribution in [0.4, 0.5) is 14.3 Å². The minimum absolute atomic E-state index is 0.100. The van der Waals surface area contributed by atoms with E-state index in [4.69, 9.17) is 9.47 Å². The van der Waals surface area contributed by atoms with Crippen LogP contribution in [0.15, 0.2) is 48.0 Å². The molecule has 0 aliphatic rings. The molecule has 0 saturated carbocycles. The summed E-state index contributed by atoms with van der Waals surface area (Å²) in [5.41, 5.74) is 2.04. The average Bonchev–Trinajstić information content (AvgIpc) is 3.24. The van der Waals surface area contributed by atoms with E-state index in [0.29, 0.717) is 30.6 Å². The van der Waals surface area contributed by atoms with Gasteiger partial charge in [-0.3, -0.25) is 10.1 Å². The van der Waals surface area contributed by atoms with Crippen molar-refractivity contribution >= 4 is 28.5 Å². The first kappa shape index (κ1) is 25.3. The first-order valence-electron chi connectivity index (χ1n) is 10.6. The van der Waals surface area contributed by atoms with E-state index in [9.17, 15) is 14.0 Å². The third-order valence-corrected chi connectivity index (χ3v) is 5.27. The maximum absolute atomic E-state index is 13.0. The van der Waals surface area contributed by atoms with Crippen LogP contribution in [0, 0.1) is 5.82 Å². The lowest BCUT2D eigenvalue weighted by atomic mass is 10.1. The second-order valence-electron chi connectivity index (χ2n) is 8.47. The molecular weight excluding hydrogens is 459 g/mol. The lowest BCUT2D eigenvalue weighted by Crippen LogP contribution is -2.36. The summed E-state index contributed by atoms with van der Waals surface area (Å²) in [6.07, 6.45) is 0.591. The van der Waals surface area contributed by atoms with Gasteiger partial charge in [-0.1, -0.05) is 24.3 Å². The molecule has 2 amide bonds. The Kier molecular flexibility index (Phi) is 8.30. The van der Waals surface area contributed by atoms with Gasteiger partial charge in [0, 0.05) is 24.5 Å². The Bertz CT molecular complexity index is 1130. The number of likely N-dealkylation sites (N-methyl/N-ethyl adjacent to an activating group) is 1. The van der Waals surface area contributed by atoms with Crippen molar-refractivity contribution in [1.82, 2.24) is 14.9 Å². The van der Waals surface area contributed by atoms with Gasteiger partial charge in [-0.25, -0.2) is 19.2 Å². The number of carbonyl (C=O) groups is 2.